The molecule has 118 valence electrons. The van der Waals surface area contributed by atoms with E-state index >= 15 is 0 Å². The molecule has 6 heteroatoms. The van der Waals surface area contributed by atoms with Crippen LogP contribution in [0, 0.1) is 11.8 Å². The van der Waals surface area contributed by atoms with Crippen LogP contribution < -0.4 is 11.1 Å². The van der Waals surface area contributed by atoms with Crippen molar-refractivity contribution in [3.8, 4) is 0 Å². The zero-order valence-electron chi connectivity index (χ0n) is 12.4. The molecule has 5 nitrogen and oxygen atoms in total. The maximum atomic E-state index is 12.2. The Morgan fingerprint density at radius 1 is 1.35 bits per heavy atom. The van der Waals surface area contributed by atoms with Gasteiger partial charge in [-0.2, -0.15) is 0 Å². The molecule has 0 spiro atoms. The number of hydrogen-bond acceptors (Lipinski definition) is 4. The van der Waals surface area contributed by atoms with E-state index in [0.29, 0.717) is 44.4 Å². The average molecular weight is 307 g/mol. The zero-order chi connectivity index (χ0) is 13.9. The van der Waals surface area contributed by atoms with Crippen LogP contribution in [0.1, 0.15) is 33.1 Å². The van der Waals surface area contributed by atoms with Crippen molar-refractivity contribution in [2.45, 2.75) is 44.8 Å². The van der Waals surface area contributed by atoms with Crippen molar-refractivity contribution < 1.29 is 14.3 Å². The summed E-state index contributed by atoms with van der Waals surface area (Å²) in [6.45, 7) is 6.93. The number of hydrogen-bond donors (Lipinski definition) is 2. The Balaban J connectivity index is 0.00000200. The highest BCUT2D eigenvalue weighted by atomic mass is 35.5. The Labute approximate surface area is 127 Å². The van der Waals surface area contributed by atoms with Gasteiger partial charge < -0.3 is 20.5 Å². The van der Waals surface area contributed by atoms with Gasteiger partial charge >= 0.3 is 0 Å². The van der Waals surface area contributed by atoms with Crippen LogP contribution in [0.25, 0.3) is 0 Å². The zero-order valence-corrected chi connectivity index (χ0v) is 13.2. The second-order valence-electron chi connectivity index (χ2n) is 6.11. The van der Waals surface area contributed by atoms with E-state index in [0.717, 1.165) is 13.0 Å². The highest BCUT2D eigenvalue weighted by Gasteiger charge is 2.37. The van der Waals surface area contributed by atoms with Crippen LogP contribution in [0.15, 0.2) is 0 Å². The van der Waals surface area contributed by atoms with Gasteiger partial charge in [0.1, 0.15) is 0 Å². The molecular formula is C14H27ClN2O3. The summed E-state index contributed by atoms with van der Waals surface area (Å²) in [6, 6.07) is 0. The highest BCUT2D eigenvalue weighted by molar-refractivity contribution is 5.86. The molecule has 0 aliphatic carbocycles. The molecule has 0 bridgehead atoms. The van der Waals surface area contributed by atoms with Crippen LogP contribution in [0.4, 0.5) is 0 Å². The van der Waals surface area contributed by atoms with Crippen molar-refractivity contribution in [1.29, 1.82) is 0 Å². The topological polar surface area (TPSA) is 73.6 Å². The summed E-state index contributed by atoms with van der Waals surface area (Å²) >= 11 is 0. The lowest BCUT2D eigenvalue weighted by Gasteiger charge is -2.32. The van der Waals surface area contributed by atoms with Crippen molar-refractivity contribution in [2.75, 3.05) is 26.4 Å². The third-order valence-electron chi connectivity index (χ3n) is 4.28. The van der Waals surface area contributed by atoms with Crippen LogP contribution in [-0.2, 0) is 14.3 Å². The molecule has 0 aromatic carbocycles. The van der Waals surface area contributed by atoms with Crippen molar-refractivity contribution in [3.05, 3.63) is 0 Å². The molecule has 0 aromatic rings. The standard InChI is InChI=1S/C14H26N2O3.ClH/c1-10(2)12-11(3-6-19-12)9-16-13(17)14(15)4-7-18-8-5-14;/h10-12H,3-9,15H2,1-2H3,(H,16,17);1H. The van der Waals surface area contributed by atoms with E-state index in [1.165, 1.54) is 0 Å². The molecule has 2 heterocycles. The quantitative estimate of drug-likeness (QED) is 0.815. The Bertz CT molecular complexity index is 320. The first-order valence-corrected chi connectivity index (χ1v) is 7.29. The van der Waals surface area contributed by atoms with Gasteiger partial charge in [0, 0.05) is 32.3 Å². The predicted octanol–water partition coefficient (Wildman–Crippen LogP) is 1.09. The molecule has 2 rings (SSSR count). The normalized spacial score (nSPS) is 29.0. The van der Waals surface area contributed by atoms with E-state index in [-0.39, 0.29) is 24.4 Å². The molecule has 0 aromatic heterocycles. The molecule has 2 aliphatic rings. The number of rotatable bonds is 4. The van der Waals surface area contributed by atoms with Gasteiger partial charge in [-0.05, 0) is 25.2 Å². The molecule has 2 aliphatic heterocycles. The lowest BCUT2D eigenvalue weighted by atomic mass is 9.89. The SMILES string of the molecule is CC(C)C1OCCC1CNC(=O)C1(N)CCOCC1.Cl. The minimum absolute atomic E-state index is 0. The van der Waals surface area contributed by atoms with Gasteiger partial charge in [-0.25, -0.2) is 0 Å². The first kappa shape index (κ1) is 17.7. The van der Waals surface area contributed by atoms with Crippen LogP contribution in [0.2, 0.25) is 0 Å². The summed E-state index contributed by atoms with van der Waals surface area (Å²) < 4.78 is 11.0. The molecule has 2 unspecified atom stereocenters. The van der Waals surface area contributed by atoms with Crippen molar-refractivity contribution in [1.82, 2.24) is 5.32 Å². The van der Waals surface area contributed by atoms with Crippen molar-refractivity contribution in [3.63, 3.8) is 0 Å². The summed E-state index contributed by atoms with van der Waals surface area (Å²) in [5.74, 6) is 0.858. The van der Waals surface area contributed by atoms with Crippen molar-refractivity contribution >= 4 is 18.3 Å². The number of ether oxygens (including phenoxy) is 2. The molecule has 0 saturated carbocycles. The van der Waals surface area contributed by atoms with E-state index in [9.17, 15) is 4.79 Å². The largest absolute Gasteiger partial charge is 0.381 e. The molecule has 2 fully saturated rings. The summed E-state index contributed by atoms with van der Waals surface area (Å²) in [5, 5.41) is 3.02. The van der Waals surface area contributed by atoms with Crippen LogP contribution in [0.3, 0.4) is 0 Å². The van der Waals surface area contributed by atoms with Crippen LogP contribution >= 0.6 is 12.4 Å². The third-order valence-corrected chi connectivity index (χ3v) is 4.28. The van der Waals surface area contributed by atoms with Gasteiger partial charge in [0.2, 0.25) is 5.91 Å². The maximum absolute atomic E-state index is 12.2. The number of carbonyl (C=O) groups is 1. The Hall–Kier alpha value is -0.360. The van der Waals surface area contributed by atoms with E-state index in [4.69, 9.17) is 15.2 Å². The van der Waals surface area contributed by atoms with Gasteiger partial charge in [0.15, 0.2) is 0 Å². The fourth-order valence-electron chi connectivity index (χ4n) is 2.97. The van der Waals surface area contributed by atoms with Gasteiger partial charge in [-0.15, -0.1) is 12.4 Å². The summed E-state index contributed by atoms with van der Waals surface area (Å²) in [6.07, 6.45) is 2.48. The summed E-state index contributed by atoms with van der Waals surface area (Å²) in [4.78, 5) is 12.2. The van der Waals surface area contributed by atoms with E-state index in [1.807, 2.05) is 0 Å². The first-order valence-electron chi connectivity index (χ1n) is 7.29. The minimum Gasteiger partial charge on any atom is -0.381 e. The number of halogens is 1. The maximum Gasteiger partial charge on any atom is 0.240 e. The number of carbonyl (C=O) groups excluding carboxylic acids is 1. The lowest BCUT2D eigenvalue weighted by Crippen LogP contribution is -2.57. The Morgan fingerprint density at radius 3 is 2.60 bits per heavy atom. The monoisotopic (exact) mass is 306 g/mol. The van der Waals surface area contributed by atoms with E-state index in [2.05, 4.69) is 19.2 Å². The second-order valence-corrected chi connectivity index (χ2v) is 6.11. The third kappa shape index (κ3) is 4.07. The molecule has 3 N–H and O–H groups in total. The van der Waals surface area contributed by atoms with Gasteiger partial charge in [0.25, 0.3) is 0 Å². The molecule has 0 radical (unpaired) electrons. The fraction of sp³-hybridized carbons (Fsp3) is 0.929. The Morgan fingerprint density at radius 2 is 2.00 bits per heavy atom. The lowest BCUT2D eigenvalue weighted by molar-refractivity contribution is -0.130. The van der Waals surface area contributed by atoms with Crippen LogP contribution in [0.5, 0.6) is 0 Å². The second kappa shape index (κ2) is 7.59. The van der Waals surface area contributed by atoms with E-state index in [1.54, 1.807) is 0 Å². The number of amides is 1. The smallest absolute Gasteiger partial charge is 0.240 e. The molecule has 2 atom stereocenters. The summed E-state index contributed by atoms with van der Waals surface area (Å²) in [7, 11) is 0. The molecule has 2 saturated heterocycles. The van der Waals surface area contributed by atoms with Crippen molar-refractivity contribution in [2.24, 2.45) is 17.6 Å². The van der Waals surface area contributed by atoms with Gasteiger partial charge in [-0.3, -0.25) is 4.79 Å². The molecule has 20 heavy (non-hydrogen) atoms. The summed E-state index contributed by atoms with van der Waals surface area (Å²) in [5.41, 5.74) is 5.41. The highest BCUT2D eigenvalue weighted by Crippen LogP contribution is 2.26. The van der Waals surface area contributed by atoms with Crippen LogP contribution in [-0.4, -0.2) is 43.9 Å². The van der Waals surface area contributed by atoms with E-state index < -0.39 is 5.54 Å². The fourth-order valence-corrected chi connectivity index (χ4v) is 2.97. The number of nitrogens with one attached hydrogen (secondary N) is 1. The number of nitrogens with two attached hydrogens (primary N) is 1. The van der Waals surface area contributed by atoms with Gasteiger partial charge in [0.05, 0.1) is 11.6 Å². The van der Waals surface area contributed by atoms with Gasteiger partial charge in [-0.1, -0.05) is 13.8 Å². The minimum atomic E-state index is -0.745. The molecular weight excluding hydrogens is 280 g/mol. The first-order chi connectivity index (χ1) is 9.03. The molecule has 1 amide bonds. The predicted molar refractivity (Wildman–Crippen MR) is 79.9 cm³/mol. The average Bonchev–Trinajstić information content (AvgIpc) is 2.85. The Kier molecular flexibility index (Phi) is 6.72.